The van der Waals surface area contributed by atoms with Gasteiger partial charge in [0.15, 0.2) is 0 Å². The second kappa shape index (κ2) is 7.61. The molecule has 0 radical (unpaired) electrons. The second-order valence-electron chi connectivity index (χ2n) is 7.94. The van der Waals surface area contributed by atoms with Crippen LogP contribution in [-0.4, -0.2) is 41.3 Å². The van der Waals surface area contributed by atoms with E-state index in [1.165, 1.54) is 19.1 Å². The first-order valence-corrected chi connectivity index (χ1v) is 9.56. The number of anilines is 1. The Kier molecular flexibility index (Phi) is 5.18. The van der Waals surface area contributed by atoms with Crippen molar-refractivity contribution in [2.24, 2.45) is 16.1 Å². The molecule has 3 N–H and O–H groups in total. The molecule has 0 bridgehead atoms. The Morgan fingerprint density at radius 3 is 2.66 bits per heavy atom. The Labute approximate surface area is 179 Å². The number of aromatic nitrogens is 2. The first-order valence-electron chi connectivity index (χ1n) is 9.56. The predicted molar refractivity (Wildman–Crippen MR) is 105 cm³/mol. The number of amidine groups is 1. The van der Waals surface area contributed by atoms with Gasteiger partial charge in [0.2, 0.25) is 18.7 Å². The highest BCUT2D eigenvalue weighted by atomic mass is 19.3. The van der Waals surface area contributed by atoms with Gasteiger partial charge < -0.3 is 20.5 Å². The highest BCUT2D eigenvalue weighted by Gasteiger charge is 2.67. The Morgan fingerprint density at radius 2 is 2.03 bits per heavy atom. The quantitative estimate of drug-likeness (QED) is 0.673. The molecule has 4 rings (SSSR count). The molecule has 1 atom stereocenters. The molecule has 1 fully saturated rings. The van der Waals surface area contributed by atoms with Crippen LogP contribution in [0.4, 0.5) is 23.2 Å². The summed E-state index contributed by atoms with van der Waals surface area (Å²) in [5.74, 6) is -4.37. The molecule has 0 unspecified atom stereocenters. The number of aliphatic imine (C=N–C) groups is 1. The van der Waals surface area contributed by atoms with E-state index >= 15 is 0 Å². The van der Waals surface area contributed by atoms with Crippen molar-refractivity contribution < 1.29 is 31.8 Å². The number of nitrogens with zero attached hydrogens (tertiary/aromatic N) is 3. The summed E-state index contributed by atoms with van der Waals surface area (Å²) in [6.07, 6.45) is 1.09. The van der Waals surface area contributed by atoms with Crippen molar-refractivity contribution in [1.82, 2.24) is 9.97 Å². The lowest BCUT2D eigenvalue weighted by molar-refractivity contribution is -0.207. The third kappa shape index (κ3) is 3.69. The van der Waals surface area contributed by atoms with Crippen LogP contribution in [0.25, 0.3) is 0 Å². The van der Waals surface area contributed by atoms with Crippen molar-refractivity contribution in [2.45, 2.75) is 31.2 Å². The minimum atomic E-state index is -2.91. The van der Waals surface area contributed by atoms with E-state index in [9.17, 15) is 22.4 Å². The predicted octanol–water partition coefficient (Wildman–Crippen LogP) is 3.15. The molecule has 0 saturated heterocycles. The molecule has 1 aliphatic heterocycles. The number of carbonyl (C=O) groups is 1. The van der Waals surface area contributed by atoms with Gasteiger partial charge in [0.1, 0.15) is 23.7 Å². The number of nitrogens with one attached hydrogen (secondary N) is 1. The van der Waals surface area contributed by atoms with Crippen LogP contribution in [0.3, 0.4) is 0 Å². The molecule has 32 heavy (non-hydrogen) atoms. The molecule has 2 aliphatic rings. The van der Waals surface area contributed by atoms with Crippen LogP contribution in [0.2, 0.25) is 0 Å². The van der Waals surface area contributed by atoms with E-state index < -0.39 is 48.3 Å². The van der Waals surface area contributed by atoms with Crippen molar-refractivity contribution in [1.29, 1.82) is 0 Å². The average molecular weight is 453 g/mol. The standard InChI is InChI=1S/C20H19F4N5O3/c1-18(19(7-20(23,24)8-19)9-31-17(25)29-18)12-4-11(2-3-13(12)22)28-16(30)14-5-27-15(6-26-14)32-10-21/h2-6H,7-10H2,1H3,(H2,25,29)(H,28,30)/t18-/m1/s1. The summed E-state index contributed by atoms with van der Waals surface area (Å²) in [5, 5.41) is 2.54. The third-order valence-corrected chi connectivity index (χ3v) is 5.87. The van der Waals surface area contributed by atoms with E-state index in [-0.39, 0.29) is 35.5 Å². The zero-order valence-corrected chi connectivity index (χ0v) is 16.9. The lowest BCUT2D eigenvalue weighted by Gasteiger charge is -2.56. The fourth-order valence-electron chi connectivity index (χ4n) is 4.19. The first kappa shape index (κ1) is 21.8. The Morgan fingerprint density at radius 1 is 1.28 bits per heavy atom. The number of hydrogen-bond donors (Lipinski definition) is 2. The molecule has 170 valence electrons. The summed E-state index contributed by atoms with van der Waals surface area (Å²) in [6.45, 7) is 0.298. The van der Waals surface area contributed by atoms with Crippen molar-refractivity contribution in [3.8, 4) is 5.88 Å². The van der Waals surface area contributed by atoms with Crippen LogP contribution < -0.4 is 15.8 Å². The van der Waals surface area contributed by atoms with Gasteiger partial charge >= 0.3 is 0 Å². The number of rotatable bonds is 5. The highest BCUT2D eigenvalue weighted by Crippen LogP contribution is 2.63. The van der Waals surface area contributed by atoms with Crippen molar-refractivity contribution in [3.63, 3.8) is 0 Å². The summed E-state index contributed by atoms with van der Waals surface area (Å²) in [4.78, 5) is 24.3. The highest BCUT2D eigenvalue weighted by molar-refractivity contribution is 6.02. The van der Waals surface area contributed by atoms with E-state index in [0.717, 1.165) is 18.5 Å². The SMILES string of the molecule is C[C@]1(c2cc(NC(=O)c3cnc(OCF)cn3)ccc2F)N=C(N)OCC12CC(F)(F)C2. The number of nitrogens with two attached hydrogens (primary N) is 1. The Hall–Kier alpha value is -3.44. The fraction of sp³-hybridized carbons (Fsp3) is 0.400. The molecule has 1 aliphatic carbocycles. The molecule has 1 spiro atoms. The normalized spacial score (nSPS) is 23.0. The number of ether oxygens (including phenoxy) is 2. The van der Waals surface area contributed by atoms with Crippen LogP contribution in [-0.2, 0) is 10.3 Å². The monoisotopic (exact) mass is 453 g/mol. The van der Waals surface area contributed by atoms with Gasteiger partial charge in [-0.3, -0.25) is 4.79 Å². The number of hydrogen-bond acceptors (Lipinski definition) is 7. The topological polar surface area (TPSA) is 112 Å². The lowest BCUT2D eigenvalue weighted by Crippen LogP contribution is -2.62. The molecule has 1 saturated carbocycles. The maximum Gasteiger partial charge on any atom is 0.282 e. The van der Waals surface area contributed by atoms with Crippen LogP contribution >= 0.6 is 0 Å². The summed E-state index contributed by atoms with van der Waals surface area (Å²) < 4.78 is 64.4. The van der Waals surface area contributed by atoms with E-state index in [1.807, 2.05) is 0 Å². The van der Waals surface area contributed by atoms with Crippen LogP contribution in [0.15, 0.2) is 35.6 Å². The first-order chi connectivity index (χ1) is 15.1. The third-order valence-electron chi connectivity index (χ3n) is 5.87. The van der Waals surface area contributed by atoms with Gasteiger partial charge in [-0.1, -0.05) is 0 Å². The van der Waals surface area contributed by atoms with Crippen LogP contribution in [0.1, 0.15) is 35.8 Å². The summed E-state index contributed by atoms with van der Waals surface area (Å²) in [6, 6.07) is 3.50. The summed E-state index contributed by atoms with van der Waals surface area (Å²) in [7, 11) is 0. The van der Waals surface area contributed by atoms with Crippen LogP contribution in [0, 0.1) is 11.2 Å². The minimum absolute atomic E-state index is 0.00479. The van der Waals surface area contributed by atoms with Gasteiger partial charge in [-0.2, -0.15) is 0 Å². The smallest absolute Gasteiger partial charge is 0.282 e. The van der Waals surface area contributed by atoms with Crippen molar-refractivity contribution in [3.05, 3.63) is 47.7 Å². The van der Waals surface area contributed by atoms with E-state index in [4.69, 9.17) is 10.5 Å². The minimum Gasteiger partial charge on any atom is -0.465 e. The molecule has 8 nitrogen and oxygen atoms in total. The molecule has 1 aromatic heterocycles. The zero-order valence-electron chi connectivity index (χ0n) is 16.9. The van der Waals surface area contributed by atoms with Crippen LogP contribution in [0.5, 0.6) is 5.88 Å². The zero-order chi connectivity index (χ0) is 23.1. The van der Waals surface area contributed by atoms with E-state index in [1.54, 1.807) is 0 Å². The number of carbonyl (C=O) groups excluding carboxylic acids is 1. The number of amides is 1. The second-order valence-corrected chi connectivity index (χ2v) is 7.94. The van der Waals surface area contributed by atoms with Crippen molar-refractivity contribution >= 4 is 17.6 Å². The number of benzene rings is 1. The Balaban J connectivity index is 1.63. The Bertz CT molecular complexity index is 1070. The molecule has 2 aromatic rings. The van der Waals surface area contributed by atoms with E-state index in [2.05, 4.69) is 25.0 Å². The summed E-state index contributed by atoms with van der Waals surface area (Å²) >= 11 is 0. The van der Waals surface area contributed by atoms with Gasteiger partial charge in [0.05, 0.1) is 12.4 Å². The van der Waals surface area contributed by atoms with Crippen molar-refractivity contribution in [2.75, 3.05) is 18.8 Å². The number of alkyl halides is 3. The van der Waals surface area contributed by atoms with Gasteiger partial charge in [-0.05, 0) is 25.1 Å². The molecule has 12 heteroatoms. The maximum absolute atomic E-state index is 14.9. The molecule has 1 aromatic carbocycles. The lowest BCUT2D eigenvalue weighted by atomic mass is 9.54. The number of halogens is 4. The molecular weight excluding hydrogens is 434 g/mol. The van der Waals surface area contributed by atoms with Gasteiger partial charge in [0, 0.05) is 29.5 Å². The maximum atomic E-state index is 14.9. The van der Waals surface area contributed by atoms with E-state index in [0.29, 0.717) is 0 Å². The van der Waals surface area contributed by atoms with Gasteiger partial charge in [0.25, 0.3) is 11.9 Å². The largest absolute Gasteiger partial charge is 0.465 e. The molecular formula is C20H19F4N5O3. The van der Waals surface area contributed by atoms with Gasteiger partial charge in [-0.15, -0.1) is 0 Å². The fourth-order valence-corrected chi connectivity index (χ4v) is 4.19. The molecule has 1 amide bonds. The van der Waals surface area contributed by atoms with Gasteiger partial charge in [-0.25, -0.2) is 32.5 Å². The molecule has 2 heterocycles. The average Bonchev–Trinajstić information content (AvgIpc) is 2.71. The summed E-state index contributed by atoms with van der Waals surface area (Å²) in [5.41, 5.74) is 3.18.